The number of fused-ring (bicyclic) bond motifs is 1. The van der Waals surface area contributed by atoms with E-state index in [1.807, 2.05) is 20.8 Å². The van der Waals surface area contributed by atoms with E-state index in [4.69, 9.17) is 11.6 Å². The maximum absolute atomic E-state index is 13.3. The second-order valence-corrected chi connectivity index (χ2v) is 11.2. The number of nitrogens with one attached hydrogen (secondary N) is 2. The zero-order valence-corrected chi connectivity index (χ0v) is 23.9. The Morgan fingerprint density at radius 2 is 1.68 bits per heavy atom. The quantitative estimate of drug-likeness (QED) is 0.256. The Hall–Kier alpha value is -4.18. The van der Waals surface area contributed by atoms with Gasteiger partial charge in [0.2, 0.25) is 5.91 Å². The molecule has 0 aliphatic heterocycles. The zero-order valence-electron chi connectivity index (χ0n) is 23.2. The van der Waals surface area contributed by atoms with Crippen LogP contribution in [-0.2, 0) is 17.5 Å². The standard InChI is InChI=1S/C30H29ClF3N5O2/c1-29(2,3)28(41)35-16-17-9-12-23(31)22(13-17)27(40)36-20-10-11-21-24(15-20)37-25(38-26(21)39(4)5)18-7-6-8-19(14-18)30(32,33)34/h6-15H,16H2,1-5H3,(H,35,41)(H,36,40). The minimum Gasteiger partial charge on any atom is -0.362 e. The molecule has 214 valence electrons. The molecule has 1 heterocycles. The number of anilines is 2. The van der Waals surface area contributed by atoms with Crippen molar-refractivity contribution in [2.75, 3.05) is 24.3 Å². The van der Waals surface area contributed by atoms with E-state index in [1.54, 1.807) is 55.4 Å². The molecule has 0 aliphatic carbocycles. The van der Waals surface area contributed by atoms with Gasteiger partial charge in [-0.3, -0.25) is 9.59 Å². The number of carbonyl (C=O) groups excluding carboxylic acids is 2. The van der Waals surface area contributed by atoms with Crippen LogP contribution in [0.2, 0.25) is 5.02 Å². The van der Waals surface area contributed by atoms with Crippen LogP contribution >= 0.6 is 11.6 Å². The normalized spacial score (nSPS) is 11.8. The monoisotopic (exact) mass is 583 g/mol. The summed E-state index contributed by atoms with van der Waals surface area (Å²) in [6, 6.07) is 14.8. The fraction of sp³-hybridized carbons (Fsp3) is 0.267. The molecule has 0 bridgehead atoms. The van der Waals surface area contributed by atoms with Gasteiger partial charge in [0, 0.05) is 42.7 Å². The molecule has 7 nitrogen and oxygen atoms in total. The van der Waals surface area contributed by atoms with Crippen LogP contribution in [0.5, 0.6) is 0 Å². The van der Waals surface area contributed by atoms with Gasteiger partial charge in [-0.25, -0.2) is 9.97 Å². The number of halogens is 4. The number of hydrogen-bond donors (Lipinski definition) is 2. The Bertz CT molecular complexity index is 1630. The molecule has 0 fully saturated rings. The molecule has 0 aliphatic rings. The van der Waals surface area contributed by atoms with Crippen molar-refractivity contribution in [1.29, 1.82) is 0 Å². The van der Waals surface area contributed by atoms with Crippen LogP contribution in [0.4, 0.5) is 24.7 Å². The Kier molecular flexibility index (Phi) is 8.26. The fourth-order valence-corrected chi connectivity index (χ4v) is 4.20. The van der Waals surface area contributed by atoms with Crippen molar-refractivity contribution < 1.29 is 22.8 Å². The molecule has 4 aromatic rings. The predicted octanol–water partition coefficient (Wildman–Crippen LogP) is 6.95. The first-order chi connectivity index (χ1) is 19.1. The molecule has 11 heteroatoms. The summed E-state index contributed by atoms with van der Waals surface area (Å²) in [6.07, 6.45) is -4.51. The molecule has 1 aromatic heterocycles. The lowest BCUT2D eigenvalue weighted by Crippen LogP contribution is -2.34. The molecule has 2 N–H and O–H groups in total. The summed E-state index contributed by atoms with van der Waals surface area (Å²) in [5, 5.41) is 6.54. The van der Waals surface area contributed by atoms with Crippen molar-refractivity contribution in [3.63, 3.8) is 0 Å². The Morgan fingerprint density at radius 3 is 2.34 bits per heavy atom. The summed E-state index contributed by atoms with van der Waals surface area (Å²) in [7, 11) is 3.54. The topological polar surface area (TPSA) is 87.2 Å². The Balaban J connectivity index is 1.65. The van der Waals surface area contributed by atoms with Crippen molar-refractivity contribution in [1.82, 2.24) is 15.3 Å². The van der Waals surface area contributed by atoms with Crippen LogP contribution in [0.15, 0.2) is 60.7 Å². The van der Waals surface area contributed by atoms with Crippen LogP contribution in [0.1, 0.15) is 42.3 Å². The maximum Gasteiger partial charge on any atom is 0.416 e. The molecule has 0 atom stereocenters. The van der Waals surface area contributed by atoms with Gasteiger partial charge in [-0.2, -0.15) is 13.2 Å². The predicted molar refractivity (Wildman–Crippen MR) is 155 cm³/mol. The maximum atomic E-state index is 13.3. The van der Waals surface area contributed by atoms with Crippen LogP contribution in [0.3, 0.4) is 0 Å². The van der Waals surface area contributed by atoms with Gasteiger partial charge in [-0.15, -0.1) is 0 Å². The second kappa shape index (κ2) is 11.4. The van der Waals surface area contributed by atoms with Crippen LogP contribution < -0.4 is 15.5 Å². The van der Waals surface area contributed by atoms with Gasteiger partial charge < -0.3 is 15.5 Å². The van der Waals surface area contributed by atoms with E-state index in [0.29, 0.717) is 28.0 Å². The first kappa shape index (κ1) is 29.8. The summed E-state index contributed by atoms with van der Waals surface area (Å²) in [6.45, 7) is 5.65. The molecule has 0 radical (unpaired) electrons. The molecule has 0 unspecified atom stereocenters. The fourth-order valence-electron chi connectivity index (χ4n) is 4.00. The van der Waals surface area contributed by atoms with Gasteiger partial charge >= 0.3 is 6.18 Å². The third kappa shape index (κ3) is 6.94. The van der Waals surface area contributed by atoms with Crippen LogP contribution in [-0.4, -0.2) is 35.9 Å². The largest absolute Gasteiger partial charge is 0.416 e. The summed E-state index contributed by atoms with van der Waals surface area (Å²) in [5.41, 5.74) is 0.603. The van der Waals surface area contributed by atoms with Crippen molar-refractivity contribution in [2.45, 2.75) is 33.5 Å². The average Bonchev–Trinajstić information content (AvgIpc) is 2.90. The number of amides is 2. The zero-order chi connectivity index (χ0) is 30.1. The molecule has 0 saturated carbocycles. The van der Waals surface area contributed by atoms with Gasteiger partial charge in [0.15, 0.2) is 5.82 Å². The van der Waals surface area contributed by atoms with E-state index in [9.17, 15) is 22.8 Å². The first-order valence-corrected chi connectivity index (χ1v) is 13.1. The van der Waals surface area contributed by atoms with Crippen molar-refractivity contribution in [3.05, 3.63) is 82.4 Å². The molecular weight excluding hydrogens is 555 g/mol. The Morgan fingerprint density at radius 1 is 0.951 bits per heavy atom. The lowest BCUT2D eigenvalue weighted by atomic mass is 9.95. The second-order valence-electron chi connectivity index (χ2n) is 10.8. The number of alkyl halides is 3. The molecule has 4 rings (SSSR count). The molecule has 41 heavy (non-hydrogen) atoms. The van der Waals surface area contributed by atoms with Crippen molar-refractivity contribution in [2.24, 2.45) is 5.41 Å². The number of hydrogen-bond acceptors (Lipinski definition) is 5. The minimum atomic E-state index is -4.51. The highest BCUT2D eigenvalue weighted by atomic mass is 35.5. The summed E-state index contributed by atoms with van der Waals surface area (Å²) < 4.78 is 40.0. The van der Waals surface area contributed by atoms with E-state index < -0.39 is 23.1 Å². The number of nitrogens with zero attached hydrogens (tertiary/aromatic N) is 3. The summed E-state index contributed by atoms with van der Waals surface area (Å²) in [4.78, 5) is 36.2. The Labute approximate surface area is 240 Å². The highest BCUT2D eigenvalue weighted by Crippen LogP contribution is 2.33. The van der Waals surface area contributed by atoms with Gasteiger partial charge in [0.05, 0.1) is 21.7 Å². The number of aromatic nitrogens is 2. The smallest absolute Gasteiger partial charge is 0.362 e. The lowest BCUT2D eigenvalue weighted by molar-refractivity contribution is -0.137. The average molecular weight is 584 g/mol. The van der Waals surface area contributed by atoms with Crippen LogP contribution in [0.25, 0.3) is 22.3 Å². The van der Waals surface area contributed by atoms with Gasteiger partial charge in [0.1, 0.15) is 5.82 Å². The summed E-state index contributed by atoms with van der Waals surface area (Å²) in [5.74, 6) is 0.0219. The van der Waals surface area contributed by atoms with E-state index >= 15 is 0 Å². The van der Waals surface area contributed by atoms with Gasteiger partial charge in [0.25, 0.3) is 5.91 Å². The lowest BCUT2D eigenvalue weighted by Gasteiger charge is -2.18. The number of rotatable bonds is 6. The van der Waals surface area contributed by atoms with E-state index in [1.165, 1.54) is 12.1 Å². The highest BCUT2D eigenvalue weighted by Gasteiger charge is 2.30. The third-order valence-electron chi connectivity index (χ3n) is 6.22. The van der Waals surface area contributed by atoms with E-state index in [2.05, 4.69) is 20.6 Å². The molecule has 3 aromatic carbocycles. The van der Waals surface area contributed by atoms with Gasteiger partial charge in [-0.1, -0.05) is 50.6 Å². The number of carbonyl (C=O) groups is 2. The molecule has 2 amide bonds. The number of benzene rings is 3. The summed E-state index contributed by atoms with van der Waals surface area (Å²) >= 11 is 6.32. The molecular formula is C30H29ClF3N5O2. The van der Waals surface area contributed by atoms with E-state index in [0.717, 1.165) is 12.1 Å². The van der Waals surface area contributed by atoms with E-state index in [-0.39, 0.29) is 34.4 Å². The van der Waals surface area contributed by atoms with Crippen molar-refractivity contribution >= 4 is 45.8 Å². The highest BCUT2D eigenvalue weighted by molar-refractivity contribution is 6.34. The van der Waals surface area contributed by atoms with Crippen LogP contribution in [0, 0.1) is 5.41 Å². The molecule has 0 saturated heterocycles. The van der Waals surface area contributed by atoms with Crippen molar-refractivity contribution in [3.8, 4) is 11.4 Å². The first-order valence-electron chi connectivity index (χ1n) is 12.7. The third-order valence-corrected chi connectivity index (χ3v) is 6.55. The molecule has 0 spiro atoms. The SMILES string of the molecule is CN(C)c1nc(-c2cccc(C(F)(F)F)c2)nc2cc(NC(=O)c3cc(CNC(=O)C(C)(C)C)ccc3Cl)ccc12. The minimum absolute atomic E-state index is 0.115. The van der Waals surface area contributed by atoms with Gasteiger partial charge in [-0.05, 0) is 48.0 Å².